The van der Waals surface area contributed by atoms with Crippen molar-refractivity contribution in [1.29, 1.82) is 0 Å². The number of nitro groups is 1. The highest BCUT2D eigenvalue weighted by Gasteiger charge is 2.26. The monoisotopic (exact) mass is 372 g/mol. The molecule has 0 bridgehead atoms. The van der Waals surface area contributed by atoms with Crippen LogP contribution in [0.1, 0.15) is 17.6 Å². The minimum Gasteiger partial charge on any atom is -0.469 e. The standard InChI is InChI=1S/C9H7F2IN2O4/c1-18-6(15)3-4-2-5(14(16)17)13-9(12)7(4)8(10)11/h2,8H,3H2,1H3. The van der Waals surface area contributed by atoms with Crippen LogP contribution in [0, 0.1) is 13.8 Å². The van der Waals surface area contributed by atoms with Crippen LogP contribution < -0.4 is 0 Å². The Morgan fingerprint density at radius 1 is 1.67 bits per heavy atom. The second-order valence-electron chi connectivity index (χ2n) is 3.15. The van der Waals surface area contributed by atoms with Crippen LogP contribution in [0.25, 0.3) is 0 Å². The molecule has 0 saturated carbocycles. The van der Waals surface area contributed by atoms with Gasteiger partial charge in [-0.2, -0.15) is 0 Å². The summed E-state index contributed by atoms with van der Waals surface area (Å²) in [5.41, 5.74) is -0.630. The first-order valence-electron chi connectivity index (χ1n) is 4.55. The average molecular weight is 372 g/mol. The van der Waals surface area contributed by atoms with Crippen molar-refractivity contribution in [2.75, 3.05) is 7.11 Å². The van der Waals surface area contributed by atoms with E-state index in [1.165, 1.54) is 22.6 Å². The maximum absolute atomic E-state index is 12.8. The number of aromatic nitrogens is 1. The minimum absolute atomic E-state index is 0.150. The predicted molar refractivity (Wildman–Crippen MR) is 64.3 cm³/mol. The van der Waals surface area contributed by atoms with Crippen LogP contribution in [-0.4, -0.2) is 23.0 Å². The molecule has 0 radical (unpaired) electrons. The third kappa shape index (κ3) is 3.31. The number of nitrogens with zero attached hydrogens (tertiary/aromatic N) is 2. The Morgan fingerprint density at radius 2 is 2.28 bits per heavy atom. The Bertz CT molecular complexity index is 496. The SMILES string of the molecule is COC(=O)Cc1cc([N+](=O)[O-])nc(I)c1C(F)F. The molecule has 1 aromatic heterocycles. The number of hydrogen-bond donors (Lipinski definition) is 0. The number of alkyl halides is 2. The van der Waals surface area contributed by atoms with Gasteiger partial charge in [0.25, 0.3) is 6.43 Å². The third-order valence-electron chi connectivity index (χ3n) is 2.05. The van der Waals surface area contributed by atoms with Gasteiger partial charge < -0.3 is 14.9 Å². The molecule has 0 fully saturated rings. The quantitative estimate of drug-likeness (QED) is 0.266. The third-order valence-corrected chi connectivity index (χ3v) is 2.87. The molecule has 1 heterocycles. The zero-order valence-electron chi connectivity index (χ0n) is 9.02. The van der Waals surface area contributed by atoms with E-state index in [1.54, 1.807) is 0 Å². The summed E-state index contributed by atoms with van der Waals surface area (Å²) in [6.45, 7) is 0. The maximum Gasteiger partial charge on any atom is 0.364 e. The zero-order valence-corrected chi connectivity index (χ0v) is 11.2. The molecule has 0 atom stereocenters. The molecule has 0 aliphatic rings. The summed E-state index contributed by atoms with van der Waals surface area (Å²) >= 11 is 1.47. The Kier molecular flexibility index (Phi) is 4.87. The number of esters is 1. The highest BCUT2D eigenvalue weighted by Crippen LogP contribution is 2.30. The van der Waals surface area contributed by atoms with Crippen molar-refractivity contribution >= 4 is 34.4 Å². The van der Waals surface area contributed by atoms with Gasteiger partial charge in [0, 0.05) is 28.7 Å². The first kappa shape index (κ1) is 14.7. The molecule has 9 heteroatoms. The molecule has 0 spiro atoms. The minimum atomic E-state index is -2.87. The van der Waals surface area contributed by atoms with E-state index in [2.05, 4.69) is 9.72 Å². The largest absolute Gasteiger partial charge is 0.469 e. The lowest BCUT2D eigenvalue weighted by Crippen LogP contribution is -2.10. The van der Waals surface area contributed by atoms with Crippen LogP contribution in [-0.2, 0) is 16.0 Å². The predicted octanol–water partition coefficient (Wildman–Crippen LogP) is 2.25. The van der Waals surface area contributed by atoms with Crippen molar-refractivity contribution in [2.45, 2.75) is 12.8 Å². The van der Waals surface area contributed by atoms with Crippen molar-refractivity contribution in [1.82, 2.24) is 4.98 Å². The Labute approximate surface area is 114 Å². The molecule has 18 heavy (non-hydrogen) atoms. The van der Waals surface area contributed by atoms with E-state index in [1.807, 2.05) is 0 Å². The smallest absolute Gasteiger partial charge is 0.364 e. The van der Waals surface area contributed by atoms with Gasteiger partial charge in [0.05, 0.1) is 19.1 Å². The van der Waals surface area contributed by atoms with Gasteiger partial charge in [0.1, 0.15) is 0 Å². The fourth-order valence-electron chi connectivity index (χ4n) is 1.26. The summed E-state index contributed by atoms with van der Waals surface area (Å²) in [5.74, 6) is -1.34. The number of halogens is 3. The molecular weight excluding hydrogens is 365 g/mol. The summed E-state index contributed by atoms with van der Waals surface area (Å²) in [7, 11) is 1.10. The fourth-order valence-corrected chi connectivity index (χ4v) is 2.09. The van der Waals surface area contributed by atoms with Gasteiger partial charge in [-0.3, -0.25) is 4.79 Å². The van der Waals surface area contributed by atoms with Crippen molar-refractivity contribution in [3.8, 4) is 0 Å². The van der Waals surface area contributed by atoms with Gasteiger partial charge in [-0.1, -0.05) is 0 Å². The molecule has 0 unspecified atom stereocenters. The summed E-state index contributed by atoms with van der Waals surface area (Å²) in [6, 6.07) is 0.862. The van der Waals surface area contributed by atoms with E-state index in [9.17, 15) is 23.7 Å². The van der Waals surface area contributed by atoms with E-state index in [4.69, 9.17) is 0 Å². The summed E-state index contributed by atoms with van der Waals surface area (Å²) in [4.78, 5) is 24.3. The first-order chi connectivity index (χ1) is 8.36. The normalized spacial score (nSPS) is 10.5. The molecule has 1 rings (SSSR count). The Morgan fingerprint density at radius 3 is 2.72 bits per heavy atom. The van der Waals surface area contributed by atoms with Crippen LogP contribution in [0.3, 0.4) is 0 Å². The van der Waals surface area contributed by atoms with Crippen LogP contribution >= 0.6 is 22.6 Å². The molecule has 0 aliphatic heterocycles. The molecule has 0 saturated heterocycles. The molecule has 0 amide bonds. The lowest BCUT2D eigenvalue weighted by Gasteiger charge is -2.07. The van der Waals surface area contributed by atoms with Crippen LogP contribution in [0.4, 0.5) is 14.6 Å². The van der Waals surface area contributed by atoms with E-state index in [0.29, 0.717) is 0 Å². The number of ether oxygens (including phenoxy) is 1. The van der Waals surface area contributed by atoms with Gasteiger partial charge in [0.15, 0.2) is 0 Å². The van der Waals surface area contributed by atoms with E-state index in [-0.39, 0.29) is 9.26 Å². The van der Waals surface area contributed by atoms with Crippen LogP contribution in [0.2, 0.25) is 0 Å². The van der Waals surface area contributed by atoms with Crippen LogP contribution in [0.5, 0.6) is 0 Å². The van der Waals surface area contributed by atoms with E-state index >= 15 is 0 Å². The second-order valence-corrected chi connectivity index (χ2v) is 4.18. The maximum atomic E-state index is 12.8. The Balaban J connectivity index is 3.33. The van der Waals surface area contributed by atoms with Gasteiger partial charge in [-0.25, -0.2) is 8.78 Å². The molecule has 0 aliphatic carbocycles. The van der Waals surface area contributed by atoms with Crippen molar-refractivity contribution in [2.24, 2.45) is 0 Å². The number of rotatable bonds is 4. The summed E-state index contributed by atoms with van der Waals surface area (Å²) < 4.78 is 29.8. The number of methoxy groups -OCH3 is 1. The number of carbonyl (C=O) groups is 1. The second kappa shape index (κ2) is 5.98. The summed E-state index contributed by atoms with van der Waals surface area (Å²) in [6.07, 6.45) is -3.33. The average Bonchev–Trinajstić information content (AvgIpc) is 2.27. The fraction of sp³-hybridized carbons (Fsp3) is 0.333. The van der Waals surface area contributed by atoms with Crippen molar-refractivity contribution in [3.63, 3.8) is 0 Å². The molecular formula is C9H7F2IN2O4. The van der Waals surface area contributed by atoms with Gasteiger partial charge in [0.2, 0.25) is 3.70 Å². The lowest BCUT2D eigenvalue weighted by molar-refractivity contribution is -0.389. The van der Waals surface area contributed by atoms with E-state index in [0.717, 1.165) is 13.2 Å². The molecule has 6 nitrogen and oxygen atoms in total. The molecule has 98 valence electrons. The molecule has 0 aromatic carbocycles. The lowest BCUT2D eigenvalue weighted by atomic mass is 10.1. The van der Waals surface area contributed by atoms with Crippen molar-refractivity contribution in [3.05, 3.63) is 31.0 Å². The number of carbonyl (C=O) groups excluding carboxylic acids is 1. The highest BCUT2D eigenvalue weighted by molar-refractivity contribution is 14.1. The molecule has 0 N–H and O–H groups in total. The first-order valence-corrected chi connectivity index (χ1v) is 5.63. The Hall–Kier alpha value is -1.39. The molecule has 1 aromatic rings. The van der Waals surface area contributed by atoms with E-state index < -0.39 is 35.1 Å². The zero-order chi connectivity index (χ0) is 13.9. The van der Waals surface area contributed by atoms with Gasteiger partial charge in [-0.05, 0) is 15.5 Å². The summed E-state index contributed by atoms with van der Waals surface area (Å²) in [5, 5.41) is 10.6. The number of pyridine rings is 1. The van der Waals surface area contributed by atoms with Gasteiger partial charge in [-0.15, -0.1) is 0 Å². The van der Waals surface area contributed by atoms with Gasteiger partial charge >= 0.3 is 11.8 Å². The van der Waals surface area contributed by atoms with Crippen molar-refractivity contribution < 1.29 is 23.2 Å². The highest BCUT2D eigenvalue weighted by atomic mass is 127. The number of hydrogen-bond acceptors (Lipinski definition) is 5. The topological polar surface area (TPSA) is 82.3 Å². The van der Waals surface area contributed by atoms with Crippen LogP contribution in [0.15, 0.2) is 6.07 Å².